The summed E-state index contributed by atoms with van der Waals surface area (Å²) in [6.45, 7) is 0. The molecule has 0 saturated heterocycles. The van der Waals surface area contributed by atoms with Gasteiger partial charge in [-0.25, -0.2) is 0 Å². The van der Waals surface area contributed by atoms with Crippen LogP contribution in [0, 0.1) is 12.0 Å². The molecular formula is C10H11. The Labute approximate surface area is 61.9 Å². The van der Waals surface area contributed by atoms with Crippen molar-refractivity contribution in [2.24, 2.45) is 5.92 Å². The molecule has 0 nitrogen and oxygen atoms in total. The largest absolute Gasteiger partial charge is 0.0620 e. The van der Waals surface area contributed by atoms with Gasteiger partial charge in [-0.2, -0.15) is 0 Å². The predicted molar refractivity (Wildman–Crippen MR) is 41.7 cm³/mol. The summed E-state index contributed by atoms with van der Waals surface area (Å²) < 4.78 is 0. The van der Waals surface area contributed by atoms with Crippen LogP contribution < -0.4 is 0 Å². The fourth-order valence-corrected chi connectivity index (χ4v) is 1.19. The molecule has 0 heterocycles. The second-order valence-corrected chi connectivity index (χ2v) is 3.04. The number of hydrogen-bond acceptors (Lipinski definition) is 0. The van der Waals surface area contributed by atoms with E-state index in [9.17, 15) is 0 Å². The van der Waals surface area contributed by atoms with E-state index in [2.05, 4.69) is 18.2 Å². The van der Waals surface area contributed by atoms with E-state index in [4.69, 9.17) is 0 Å². The minimum Gasteiger partial charge on any atom is -0.0620 e. The van der Waals surface area contributed by atoms with Crippen LogP contribution in [0.15, 0.2) is 24.3 Å². The molecule has 0 aromatic heterocycles. The molecule has 0 atom stereocenters. The minimum atomic E-state index is 0.985. The van der Waals surface area contributed by atoms with E-state index in [1.165, 1.54) is 24.8 Å². The van der Waals surface area contributed by atoms with Crippen LogP contribution in [0.25, 0.3) is 0 Å². The van der Waals surface area contributed by atoms with Gasteiger partial charge in [0.1, 0.15) is 0 Å². The molecular weight excluding hydrogens is 120 g/mol. The van der Waals surface area contributed by atoms with E-state index >= 15 is 0 Å². The summed E-state index contributed by atoms with van der Waals surface area (Å²) in [5, 5.41) is 0. The molecule has 1 aliphatic rings. The maximum atomic E-state index is 3.24. The van der Waals surface area contributed by atoms with E-state index < -0.39 is 0 Å². The smallest absolute Gasteiger partial charge is 0.0149 e. The minimum absolute atomic E-state index is 0.985. The first-order valence-electron chi connectivity index (χ1n) is 3.91. The average molecular weight is 131 g/mol. The Morgan fingerprint density at radius 1 is 1.40 bits per heavy atom. The van der Waals surface area contributed by atoms with Crippen LogP contribution in [0.5, 0.6) is 0 Å². The standard InChI is InChI=1S/C10H11/c1-2-4-9(5-3-1)8-10-6-7-10/h1-4,10H,6-8H2. The fourth-order valence-electron chi connectivity index (χ4n) is 1.19. The molecule has 0 aliphatic heterocycles. The second-order valence-electron chi connectivity index (χ2n) is 3.04. The highest BCUT2D eigenvalue weighted by atomic mass is 14.3. The van der Waals surface area contributed by atoms with Crippen molar-refractivity contribution in [1.82, 2.24) is 0 Å². The molecule has 51 valence electrons. The molecule has 2 rings (SSSR count). The van der Waals surface area contributed by atoms with Crippen molar-refractivity contribution in [2.45, 2.75) is 19.3 Å². The maximum absolute atomic E-state index is 3.24. The molecule has 0 bridgehead atoms. The van der Waals surface area contributed by atoms with Crippen LogP contribution in [-0.4, -0.2) is 0 Å². The first-order chi connectivity index (χ1) is 4.95. The molecule has 1 saturated carbocycles. The summed E-state index contributed by atoms with van der Waals surface area (Å²) in [4.78, 5) is 0. The Kier molecular flexibility index (Phi) is 1.46. The Morgan fingerprint density at radius 3 is 2.90 bits per heavy atom. The Bertz CT molecular complexity index is 197. The molecule has 0 unspecified atom stereocenters. The Morgan fingerprint density at radius 2 is 2.30 bits per heavy atom. The van der Waals surface area contributed by atoms with Gasteiger partial charge in [-0.05, 0) is 36.8 Å². The van der Waals surface area contributed by atoms with Gasteiger partial charge in [-0.15, -0.1) is 0 Å². The van der Waals surface area contributed by atoms with Crippen molar-refractivity contribution in [3.8, 4) is 0 Å². The van der Waals surface area contributed by atoms with Crippen molar-refractivity contribution in [3.63, 3.8) is 0 Å². The molecule has 1 aromatic carbocycles. The number of benzene rings is 1. The highest BCUT2D eigenvalue weighted by Crippen LogP contribution is 2.32. The topological polar surface area (TPSA) is 0 Å². The van der Waals surface area contributed by atoms with Crippen LogP contribution in [0.3, 0.4) is 0 Å². The van der Waals surface area contributed by atoms with Crippen LogP contribution in [0.1, 0.15) is 18.4 Å². The van der Waals surface area contributed by atoms with E-state index in [0.717, 1.165) is 5.92 Å². The van der Waals surface area contributed by atoms with Gasteiger partial charge in [0, 0.05) is 0 Å². The van der Waals surface area contributed by atoms with Gasteiger partial charge in [0.25, 0.3) is 0 Å². The van der Waals surface area contributed by atoms with Crippen LogP contribution in [0.2, 0.25) is 0 Å². The SMILES string of the molecule is [c]1ccccc1CC1CC1. The molecule has 1 aliphatic carbocycles. The van der Waals surface area contributed by atoms with E-state index in [-0.39, 0.29) is 0 Å². The molecule has 10 heavy (non-hydrogen) atoms. The van der Waals surface area contributed by atoms with Crippen molar-refractivity contribution in [1.29, 1.82) is 0 Å². The summed E-state index contributed by atoms with van der Waals surface area (Å²) in [6, 6.07) is 11.5. The zero-order chi connectivity index (χ0) is 6.81. The van der Waals surface area contributed by atoms with E-state index in [1.807, 2.05) is 12.1 Å². The van der Waals surface area contributed by atoms with Crippen molar-refractivity contribution < 1.29 is 0 Å². The van der Waals surface area contributed by atoms with Gasteiger partial charge in [0.2, 0.25) is 0 Å². The lowest BCUT2D eigenvalue weighted by molar-refractivity contribution is 0.831. The monoisotopic (exact) mass is 131 g/mol. The third-order valence-electron chi connectivity index (χ3n) is 1.98. The summed E-state index contributed by atoms with van der Waals surface area (Å²) in [7, 11) is 0. The number of rotatable bonds is 2. The second kappa shape index (κ2) is 2.45. The zero-order valence-corrected chi connectivity index (χ0v) is 6.01. The summed E-state index contributed by atoms with van der Waals surface area (Å²) in [6.07, 6.45) is 4.12. The third-order valence-corrected chi connectivity index (χ3v) is 1.98. The molecule has 0 N–H and O–H groups in total. The fraction of sp³-hybridized carbons (Fsp3) is 0.400. The number of hydrogen-bond donors (Lipinski definition) is 0. The van der Waals surface area contributed by atoms with Crippen LogP contribution in [-0.2, 0) is 6.42 Å². The Balaban J connectivity index is 2.03. The molecule has 0 amide bonds. The van der Waals surface area contributed by atoms with Crippen molar-refractivity contribution in [2.75, 3.05) is 0 Å². The van der Waals surface area contributed by atoms with Gasteiger partial charge in [0.05, 0.1) is 0 Å². The quantitative estimate of drug-likeness (QED) is 0.578. The predicted octanol–water partition coefficient (Wildman–Crippen LogP) is 2.44. The normalized spacial score (nSPS) is 17.2. The lowest BCUT2D eigenvalue weighted by Gasteiger charge is -1.94. The summed E-state index contributed by atoms with van der Waals surface area (Å²) in [5.74, 6) is 0.985. The van der Waals surface area contributed by atoms with Gasteiger partial charge in [-0.3, -0.25) is 0 Å². The van der Waals surface area contributed by atoms with Crippen molar-refractivity contribution in [3.05, 3.63) is 35.9 Å². The molecule has 0 heteroatoms. The highest BCUT2D eigenvalue weighted by molar-refractivity contribution is 5.14. The first-order valence-corrected chi connectivity index (χ1v) is 3.91. The van der Waals surface area contributed by atoms with Crippen LogP contribution in [0.4, 0.5) is 0 Å². The maximum Gasteiger partial charge on any atom is -0.0149 e. The average Bonchev–Trinajstić information content (AvgIpc) is 2.74. The lowest BCUT2D eigenvalue weighted by atomic mass is 10.1. The van der Waals surface area contributed by atoms with E-state index in [1.54, 1.807) is 0 Å². The first kappa shape index (κ1) is 5.96. The summed E-state index contributed by atoms with van der Waals surface area (Å²) >= 11 is 0. The third kappa shape index (κ3) is 1.38. The van der Waals surface area contributed by atoms with Crippen molar-refractivity contribution >= 4 is 0 Å². The molecule has 1 aromatic rings. The molecule has 1 radical (unpaired) electrons. The van der Waals surface area contributed by atoms with Crippen LogP contribution >= 0.6 is 0 Å². The van der Waals surface area contributed by atoms with Gasteiger partial charge in [0.15, 0.2) is 0 Å². The summed E-state index contributed by atoms with van der Waals surface area (Å²) in [5.41, 5.74) is 1.38. The lowest BCUT2D eigenvalue weighted by Crippen LogP contribution is -1.84. The van der Waals surface area contributed by atoms with Gasteiger partial charge in [-0.1, -0.05) is 24.3 Å². The van der Waals surface area contributed by atoms with E-state index in [0.29, 0.717) is 0 Å². The Hall–Kier alpha value is -0.780. The molecule has 0 spiro atoms. The molecule has 1 fully saturated rings. The van der Waals surface area contributed by atoms with Gasteiger partial charge >= 0.3 is 0 Å². The highest BCUT2D eigenvalue weighted by Gasteiger charge is 2.20. The zero-order valence-electron chi connectivity index (χ0n) is 6.01. The van der Waals surface area contributed by atoms with Gasteiger partial charge < -0.3 is 0 Å².